The van der Waals surface area contributed by atoms with E-state index in [1.54, 1.807) is 11.3 Å². The van der Waals surface area contributed by atoms with Crippen LogP contribution in [-0.2, 0) is 0 Å². The molecular weight excluding hydrogens is 288 g/mol. The third-order valence-electron chi connectivity index (χ3n) is 3.32. The van der Waals surface area contributed by atoms with Crippen molar-refractivity contribution in [2.75, 3.05) is 0 Å². The van der Waals surface area contributed by atoms with Gasteiger partial charge < -0.3 is 5.32 Å². The molecule has 2 rings (SSSR count). The Morgan fingerprint density at radius 3 is 2.40 bits per heavy atom. The standard InChI is InChI=1S/C16H21ClN2S/c1-9(2)18-15(16-19-11(4)12(5)20-16)13-7-6-10(3)14(17)8-13/h6-9,15,18H,1-5H3. The zero-order valence-electron chi connectivity index (χ0n) is 12.6. The summed E-state index contributed by atoms with van der Waals surface area (Å²) in [5.41, 5.74) is 3.38. The van der Waals surface area contributed by atoms with Crippen LogP contribution in [0.5, 0.6) is 0 Å². The van der Waals surface area contributed by atoms with E-state index in [4.69, 9.17) is 16.6 Å². The molecule has 0 saturated carbocycles. The lowest BCUT2D eigenvalue weighted by Gasteiger charge is -2.20. The number of halogens is 1. The van der Waals surface area contributed by atoms with Crippen molar-refractivity contribution in [3.8, 4) is 0 Å². The molecule has 1 atom stereocenters. The Labute approximate surface area is 130 Å². The molecule has 0 spiro atoms. The van der Waals surface area contributed by atoms with Crippen LogP contribution in [0.4, 0.5) is 0 Å². The molecule has 0 aliphatic heterocycles. The first-order chi connectivity index (χ1) is 9.38. The van der Waals surface area contributed by atoms with Gasteiger partial charge in [0.2, 0.25) is 0 Å². The molecule has 0 aliphatic carbocycles. The van der Waals surface area contributed by atoms with Crippen LogP contribution in [0.15, 0.2) is 18.2 Å². The predicted octanol–water partition coefficient (Wildman–Crippen LogP) is 4.81. The fraction of sp³-hybridized carbons (Fsp3) is 0.438. The minimum Gasteiger partial charge on any atom is -0.302 e. The normalized spacial score (nSPS) is 12.9. The van der Waals surface area contributed by atoms with E-state index in [1.807, 2.05) is 13.0 Å². The molecule has 1 N–H and O–H groups in total. The second-order valence-electron chi connectivity index (χ2n) is 5.46. The summed E-state index contributed by atoms with van der Waals surface area (Å²) in [7, 11) is 0. The maximum atomic E-state index is 6.27. The summed E-state index contributed by atoms with van der Waals surface area (Å²) in [5.74, 6) is 0. The Morgan fingerprint density at radius 1 is 1.20 bits per heavy atom. The smallest absolute Gasteiger partial charge is 0.115 e. The zero-order chi connectivity index (χ0) is 14.9. The van der Waals surface area contributed by atoms with Crippen LogP contribution in [-0.4, -0.2) is 11.0 Å². The second kappa shape index (κ2) is 6.25. The minimum atomic E-state index is 0.102. The number of hydrogen-bond acceptors (Lipinski definition) is 3. The van der Waals surface area contributed by atoms with E-state index < -0.39 is 0 Å². The van der Waals surface area contributed by atoms with Crippen molar-refractivity contribution in [1.29, 1.82) is 0 Å². The van der Waals surface area contributed by atoms with Crippen LogP contribution in [0.1, 0.15) is 46.6 Å². The van der Waals surface area contributed by atoms with Gasteiger partial charge in [0.25, 0.3) is 0 Å². The van der Waals surface area contributed by atoms with Crippen LogP contribution in [0.25, 0.3) is 0 Å². The highest BCUT2D eigenvalue weighted by atomic mass is 35.5. The lowest BCUT2D eigenvalue weighted by Crippen LogP contribution is -2.29. The summed E-state index contributed by atoms with van der Waals surface area (Å²) in [4.78, 5) is 5.98. The largest absolute Gasteiger partial charge is 0.302 e. The van der Waals surface area contributed by atoms with Gasteiger partial charge in [-0.3, -0.25) is 0 Å². The average Bonchev–Trinajstić information content (AvgIpc) is 2.70. The van der Waals surface area contributed by atoms with E-state index in [0.29, 0.717) is 6.04 Å². The van der Waals surface area contributed by atoms with Crippen LogP contribution in [0.2, 0.25) is 5.02 Å². The molecule has 1 heterocycles. The maximum absolute atomic E-state index is 6.27. The minimum absolute atomic E-state index is 0.102. The van der Waals surface area contributed by atoms with E-state index >= 15 is 0 Å². The Morgan fingerprint density at radius 2 is 1.90 bits per heavy atom. The second-order valence-corrected chi connectivity index (χ2v) is 7.10. The number of benzene rings is 1. The Bertz CT molecular complexity index is 585. The van der Waals surface area contributed by atoms with Crippen molar-refractivity contribution in [2.45, 2.75) is 46.7 Å². The Balaban J connectivity index is 2.43. The van der Waals surface area contributed by atoms with E-state index in [1.165, 1.54) is 10.4 Å². The number of aromatic nitrogens is 1. The molecule has 1 aromatic carbocycles. The van der Waals surface area contributed by atoms with Gasteiger partial charge in [0.15, 0.2) is 0 Å². The highest BCUT2D eigenvalue weighted by Crippen LogP contribution is 2.30. The fourth-order valence-electron chi connectivity index (χ4n) is 2.05. The molecule has 108 valence electrons. The summed E-state index contributed by atoms with van der Waals surface area (Å²) in [6.07, 6.45) is 0. The summed E-state index contributed by atoms with van der Waals surface area (Å²) in [5, 5.41) is 5.50. The van der Waals surface area contributed by atoms with Crippen LogP contribution >= 0.6 is 22.9 Å². The van der Waals surface area contributed by atoms with Crippen LogP contribution < -0.4 is 5.32 Å². The first-order valence-electron chi connectivity index (χ1n) is 6.84. The van der Waals surface area contributed by atoms with Gasteiger partial charge in [0.05, 0.1) is 11.7 Å². The maximum Gasteiger partial charge on any atom is 0.115 e. The predicted molar refractivity (Wildman–Crippen MR) is 87.9 cm³/mol. The molecule has 0 radical (unpaired) electrons. The van der Waals surface area contributed by atoms with Gasteiger partial charge >= 0.3 is 0 Å². The number of nitrogens with zero attached hydrogens (tertiary/aromatic N) is 1. The highest BCUT2D eigenvalue weighted by molar-refractivity contribution is 7.11. The van der Waals surface area contributed by atoms with Crippen LogP contribution in [0, 0.1) is 20.8 Å². The van der Waals surface area contributed by atoms with Crippen molar-refractivity contribution >= 4 is 22.9 Å². The third kappa shape index (κ3) is 3.40. The molecule has 1 unspecified atom stereocenters. The first-order valence-corrected chi connectivity index (χ1v) is 8.04. The van der Waals surface area contributed by atoms with Gasteiger partial charge in [-0.2, -0.15) is 0 Å². The number of aryl methyl sites for hydroxylation is 3. The van der Waals surface area contributed by atoms with Crippen molar-refractivity contribution in [1.82, 2.24) is 10.3 Å². The Hall–Kier alpha value is -0.900. The van der Waals surface area contributed by atoms with Crippen molar-refractivity contribution < 1.29 is 0 Å². The van der Waals surface area contributed by atoms with E-state index in [2.05, 4.69) is 45.1 Å². The fourth-order valence-corrected chi connectivity index (χ4v) is 3.25. The Kier molecular flexibility index (Phi) is 4.84. The van der Waals surface area contributed by atoms with Gasteiger partial charge in [0, 0.05) is 15.9 Å². The molecule has 0 fully saturated rings. The average molecular weight is 309 g/mol. The SMILES string of the molecule is Cc1ccc(C(NC(C)C)c2nc(C)c(C)s2)cc1Cl. The highest BCUT2D eigenvalue weighted by Gasteiger charge is 2.20. The molecule has 2 nitrogen and oxygen atoms in total. The van der Waals surface area contributed by atoms with Gasteiger partial charge in [-0.25, -0.2) is 4.98 Å². The third-order valence-corrected chi connectivity index (χ3v) is 4.87. The molecule has 20 heavy (non-hydrogen) atoms. The molecule has 0 aliphatic rings. The summed E-state index contributed by atoms with van der Waals surface area (Å²) >= 11 is 8.03. The number of nitrogens with one attached hydrogen (secondary N) is 1. The number of rotatable bonds is 4. The molecular formula is C16H21ClN2S. The first kappa shape index (κ1) is 15.5. The molecule has 0 amide bonds. The number of thiazole rings is 1. The molecule has 0 saturated heterocycles. The molecule has 4 heteroatoms. The van der Waals surface area contributed by atoms with Gasteiger partial charge in [-0.1, -0.05) is 23.7 Å². The van der Waals surface area contributed by atoms with E-state index in [0.717, 1.165) is 21.3 Å². The van der Waals surface area contributed by atoms with E-state index in [-0.39, 0.29) is 6.04 Å². The monoisotopic (exact) mass is 308 g/mol. The van der Waals surface area contributed by atoms with Gasteiger partial charge in [-0.05, 0) is 51.8 Å². The molecule has 1 aromatic heterocycles. The van der Waals surface area contributed by atoms with Gasteiger partial charge in [-0.15, -0.1) is 11.3 Å². The summed E-state index contributed by atoms with van der Waals surface area (Å²) in [6, 6.07) is 6.73. The molecule has 0 bridgehead atoms. The molecule has 2 aromatic rings. The summed E-state index contributed by atoms with van der Waals surface area (Å²) in [6.45, 7) is 10.5. The zero-order valence-corrected chi connectivity index (χ0v) is 14.2. The quantitative estimate of drug-likeness (QED) is 0.876. The summed E-state index contributed by atoms with van der Waals surface area (Å²) < 4.78 is 0. The van der Waals surface area contributed by atoms with Crippen LogP contribution in [0.3, 0.4) is 0 Å². The van der Waals surface area contributed by atoms with Crippen molar-refractivity contribution in [2.24, 2.45) is 0 Å². The van der Waals surface area contributed by atoms with E-state index in [9.17, 15) is 0 Å². The topological polar surface area (TPSA) is 24.9 Å². The van der Waals surface area contributed by atoms with Gasteiger partial charge in [0.1, 0.15) is 5.01 Å². The number of hydrogen-bond donors (Lipinski definition) is 1. The lowest BCUT2D eigenvalue weighted by atomic mass is 10.0. The lowest BCUT2D eigenvalue weighted by molar-refractivity contribution is 0.526. The van der Waals surface area contributed by atoms with Crippen molar-refractivity contribution in [3.05, 3.63) is 49.9 Å². The van der Waals surface area contributed by atoms with Crippen molar-refractivity contribution in [3.63, 3.8) is 0 Å².